The molecule has 0 aromatic heterocycles. The maximum atomic E-state index is 11.6. The molecule has 0 saturated heterocycles. The number of nitrogens with one attached hydrogen (secondary N) is 1. The molecular formula is C9H19N3O3. The van der Waals surface area contributed by atoms with Crippen LogP contribution in [0, 0.1) is 0 Å². The summed E-state index contributed by atoms with van der Waals surface area (Å²) in [4.78, 5) is 23.5. The van der Waals surface area contributed by atoms with Crippen LogP contribution < -0.4 is 5.43 Å². The number of hydrazine groups is 1. The van der Waals surface area contributed by atoms with Crippen molar-refractivity contribution >= 4 is 12.0 Å². The van der Waals surface area contributed by atoms with Gasteiger partial charge in [0, 0.05) is 26.7 Å². The Balaban J connectivity index is 4.25. The summed E-state index contributed by atoms with van der Waals surface area (Å²) >= 11 is 0. The third-order valence-corrected chi connectivity index (χ3v) is 1.77. The molecule has 0 aromatic carbocycles. The number of carbonyl (C=O) groups excluding carboxylic acids is 1. The molecule has 2 N–H and O–H groups in total. The number of carboxylic acids is 1. The molecule has 0 aliphatic carbocycles. The van der Waals surface area contributed by atoms with Gasteiger partial charge in [-0.3, -0.25) is 10.2 Å². The van der Waals surface area contributed by atoms with Crippen LogP contribution in [0.25, 0.3) is 0 Å². The van der Waals surface area contributed by atoms with Crippen molar-refractivity contribution in [3.8, 4) is 0 Å². The van der Waals surface area contributed by atoms with Crippen LogP contribution in [0.15, 0.2) is 0 Å². The third kappa shape index (κ3) is 5.90. The third-order valence-electron chi connectivity index (χ3n) is 1.77. The molecule has 0 aliphatic heterocycles. The maximum absolute atomic E-state index is 11.6. The first-order chi connectivity index (χ1) is 6.84. The highest BCUT2D eigenvalue weighted by Crippen LogP contribution is 2.00. The Labute approximate surface area is 89.8 Å². The molecule has 15 heavy (non-hydrogen) atoms. The van der Waals surface area contributed by atoms with E-state index in [4.69, 9.17) is 5.11 Å². The van der Waals surface area contributed by atoms with Crippen molar-refractivity contribution in [2.45, 2.75) is 26.3 Å². The van der Waals surface area contributed by atoms with Crippen molar-refractivity contribution in [3.05, 3.63) is 0 Å². The molecule has 0 spiro atoms. The first-order valence-corrected chi connectivity index (χ1v) is 4.81. The van der Waals surface area contributed by atoms with E-state index >= 15 is 0 Å². The number of amides is 2. The molecule has 0 aliphatic rings. The van der Waals surface area contributed by atoms with E-state index in [0.29, 0.717) is 0 Å². The average molecular weight is 217 g/mol. The van der Waals surface area contributed by atoms with E-state index in [1.54, 1.807) is 14.1 Å². The van der Waals surface area contributed by atoms with Crippen molar-refractivity contribution in [3.63, 3.8) is 0 Å². The van der Waals surface area contributed by atoms with Crippen LogP contribution in [0.1, 0.15) is 20.3 Å². The van der Waals surface area contributed by atoms with Gasteiger partial charge in [0.15, 0.2) is 0 Å². The molecule has 88 valence electrons. The summed E-state index contributed by atoms with van der Waals surface area (Å²) in [5, 5.41) is 10.1. The Hall–Kier alpha value is -1.30. The first-order valence-electron chi connectivity index (χ1n) is 4.81. The fourth-order valence-electron chi connectivity index (χ4n) is 1.07. The van der Waals surface area contributed by atoms with E-state index in [-0.39, 0.29) is 25.0 Å². The number of rotatable bonds is 5. The van der Waals surface area contributed by atoms with E-state index in [1.165, 1.54) is 9.91 Å². The van der Waals surface area contributed by atoms with Gasteiger partial charge in [0.2, 0.25) is 0 Å². The SMILES string of the molecule is CC(C)N(CCC(=O)O)C(=O)NN(C)C. The Morgan fingerprint density at radius 3 is 2.20 bits per heavy atom. The molecule has 0 fully saturated rings. The summed E-state index contributed by atoms with van der Waals surface area (Å²) in [5.74, 6) is -0.904. The van der Waals surface area contributed by atoms with Gasteiger partial charge in [-0.2, -0.15) is 0 Å². The predicted octanol–water partition coefficient (Wildman–Crippen LogP) is 0.358. The van der Waals surface area contributed by atoms with Crippen LogP contribution in [0.3, 0.4) is 0 Å². The van der Waals surface area contributed by atoms with Gasteiger partial charge in [-0.25, -0.2) is 9.80 Å². The Morgan fingerprint density at radius 1 is 1.33 bits per heavy atom. The number of hydrogen-bond acceptors (Lipinski definition) is 3. The summed E-state index contributed by atoms with van der Waals surface area (Å²) in [5.41, 5.74) is 2.58. The summed E-state index contributed by atoms with van der Waals surface area (Å²) in [6.45, 7) is 3.90. The summed E-state index contributed by atoms with van der Waals surface area (Å²) in [6.07, 6.45) is -0.0426. The van der Waals surface area contributed by atoms with Crippen molar-refractivity contribution in [1.82, 2.24) is 15.3 Å². The topological polar surface area (TPSA) is 72.9 Å². The fraction of sp³-hybridized carbons (Fsp3) is 0.778. The second kappa shape index (κ2) is 6.23. The van der Waals surface area contributed by atoms with Gasteiger partial charge in [0.1, 0.15) is 0 Å². The highest BCUT2D eigenvalue weighted by molar-refractivity contribution is 5.75. The second-order valence-electron chi connectivity index (χ2n) is 3.74. The van der Waals surface area contributed by atoms with Crippen LogP contribution >= 0.6 is 0 Å². The van der Waals surface area contributed by atoms with E-state index in [0.717, 1.165) is 0 Å². The average Bonchev–Trinajstić information content (AvgIpc) is 2.01. The minimum absolute atomic E-state index is 0.0238. The van der Waals surface area contributed by atoms with E-state index in [2.05, 4.69) is 5.43 Å². The molecule has 0 rings (SSSR count). The maximum Gasteiger partial charge on any atom is 0.332 e. The van der Waals surface area contributed by atoms with E-state index < -0.39 is 5.97 Å². The molecule has 0 unspecified atom stereocenters. The molecule has 6 nitrogen and oxygen atoms in total. The van der Waals surface area contributed by atoms with E-state index in [9.17, 15) is 9.59 Å². The van der Waals surface area contributed by atoms with Crippen molar-refractivity contribution < 1.29 is 14.7 Å². The van der Waals surface area contributed by atoms with Gasteiger partial charge in [0.05, 0.1) is 6.42 Å². The lowest BCUT2D eigenvalue weighted by molar-refractivity contribution is -0.137. The zero-order chi connectivity index (χ0) is 12.0. The van der Waals surface area contributed by atoms with Gasteiger partial charge in [-0.15, -0.1) is 0 Å². The van der Waals surface area contributed by atoms with E-state index in [1.807, 2.05) is 13.8 Å². The number of urea groups is 1. The van der Waals surface area contributed by atoms with Gasteiger partial charge in [-0.05, 0) is 13.8 Å². The zero-order valence-electron chi connectivity index (χ0n) is 9.65. The van der Waals surface area contributed by atoms with Crippen LogP contribution in [-0.4, -0.2) is 53.7 Å². The zero-order valence-corrected chi connectivity index (χ0v) is 9.65. The highest BCUT2D eigenvalue weighted by Gasteiger charge is 2.17. The Kier molecular flexibility index (Phi) is 5.69. The lowest BCUT2D eigenvalue weighted by atomic mass is 10.3. The van der Waals surface area contributed by atoms with Crippen LogP contribution in [0.5, 0.6) is 0 Å². The fourth-order valence-corrected chi connectivity index (χ4v) is 1.07. The molecule has 0 aromatic rings. The van der Waals surface area contributed by atoms with Gasteiger partial charge < -0.3 is 10.0 Å². The van der Waals surface area contributed by atoms with Crippen molar-refractivity contribution in [1.29, 1.82) is 0 Å². The number of nitrogens with zero attached hydrogens (tertiary/aromatic N) is 2. The minimum atomic E-state index is -0.904. The number of hydrogen-bond donors (Lipinski definition) is 2. The van der Waals surface area contributed by atoms with Crippen LogP contribution in [-0.2, 0) is 4.79 Å². The number of aliphatic carboxylic acids is 1. The first kappa shape index (κ1) is 13.7. The predicted molar refractivity (Wildman–Crippen MR) is 56.3 cm³/mol. The summed E-state index contributed by atoms with van der Waals surface area (Å²) in [6, 6.07) is -0.305. The van der Waals surface area contributed by atoms with Crippen molar-refractivity contribution in [2.24, 2.45) is 0 Å². The largest absolute Gasteiger partial charge is 0.481 e. The number of carboxylic acid groups (broad SMARTS) is 1. The standard InChI is InChI=1S/C9H19N3O3/c1-7(2)12(6-5-8(13)14)9(15)10-11(3)4/h7H,5-6H2,1-4H3,(H,10,15)(H,13,14). The summed E-state index contributed by atoms with van der Waals surface area (Å²) < 4.78 is 0. The molecule has 2 amide bonds. The molecular weight excluding hydrogens is 198 g/mol. The lowest BCUT2D eigenvalue weighted by Crippen LogP contribution is -2.49. The summed E-state index contributed by atoms with van der Waals surface area (Å²) in [7, 11) is 3.40. The van der Waals surface area contributed by atoms with Gasteiger partial charge in [-0.1, -0.05) is 0 Å². The van der Waals surface area contributed by atoms with Crippen molar-refractivity contribution in [2.75, 3.05) is 20.6 Å². The smallest absolute Gasteiger partial charge is 0.332 e. The molecule has 0 atom stereocenters. The molecule has 0 radical (unpaired) electrons. The molecule has 0 saturated carbocycles. The second-order valence-corrected chi connectivity index (χ2v) is 3.74. The highest BCUT2D eigenvalue weighted by atomic mass is 16.4. The quantitative estimate of drug-likeness (QED) is 0.652. The van der Waals surface area contributed by atoms with Crippen LogP contribution in [0.2, 0.25) is 0 Å². The Morgan fingerprint density at radius 2 is 1.87 bits per heavy atom. The lowest BCUT2D eigenvalue weighted by Gasteiger charge is -2.27. The minimum Gasteiger partial charge on any atom is -0.481 e. The molecule has 6 heteroatoms. The van der Waals surface area contributed by atoms with Gasteiger partial charge in [0.25, 0.3) is 0 Å². The molecule has 0 heterocycles. The normalized spacial score (nSPS) is 10.5. The Bertz CT molecular complexity index is 229. The van der Waals surface area contributed by atoms with Gasteiger partial charge >= 0.3 is 12.0 Å². The monoisotopic (exact) mass is 217 g/mol. The number of carbonyl (C=O) groups is 2. The molecule has 0 bridgehead atoms. The van der Waals surface area contributed by atoms with Crippen LogP contribution in [0.4, 0.5) is 4.79 Å².